The van der Waals surface area contributed by atoms with E-state index in [0.717, 1.165) is 4.90 Å². The molecule has 0 unspecified atom stereocenters. The zero-order valence-electron chi connectivity index (χ0n) is 13.8. The van der Waals surface area contributed by atoms with Crippen molar-refractivity contribution in [2.24, 2.45) is 5.92 Å². The number of nitrogens with zero attached hydrogens (tertiary/aromatic N) is 2. The standard InChI is InChI=1S/C15H27N3O3/c1-9(2)7-12-14(20)17(15(21)16-12)8-13(19)18(10(3)4)11(5)6/h9-12H,7-8H2,1-6H3,(H,16,21)/t12-/m1/s1. The molecule has 0 aromatic rings. The summed E-state index contributed by atoms with van der Waals surface area (Å²) in [6.07, 6.45) is 0.591. The topological polar surface area (TPSA) is 69.7 Å². The van der Waals surface area contributed by atoms with Crippen LogP contribution in [0.1, 0.15) is 48.0 Å². The first-order chi connectivity index (χ1) is 9.65. The van der Waals surface area contributed by atoms with E-state index in [1.807, 2.05) is 41.5 Å². The summed E-state index contributed by atoms with van der Waals surface area (Å²) >= 11 is 0. The Kier molecular flexibility index (Phi) is 5.75. The average Bonchev–Trinajstić information content (AvgIpc) is 2.55. The molecule has 1 saturated heterocycles. The molecule has 4 amide bonds. The lowest BCUT2D eigenvalue weighted by atomic mass is 10.0. The van der Waals surface area contributed by atoms with Crippen LogP contribution in [0.25, 0.3) is 0 Å². The first kappa shape index (κ1) is 17.5. The molecular weight excluding hydrogens is 270 g/mol. The van der Waals surface area contributed by atoms with Crippen LogP contribution < -0.4 is 5.32 Å². The summed E-state index contributed by atoms with van der Waals surface area (Å²) in [5.74, 6) is -0.194. The van der Waals surface area contributed by atoms with E-state index in [4.69, 9.17) is 0 Å². The molecule has 1 N–H and O–H groups in total. The van der Waals surface area contributed by atoms with E-state index in [9.17, 15) is 14.4 Å². The minimum Gasteiger partial charge on any atom is -0.336 e. The lowest BCUT2D eigenvalue weighted by Gasteiger charge is -2.31. The Morgan fingerprint density at radius 1 is 1.14 bits per heavy atom. The summed E-state index contributed by atoms with van der Waals surface area (Å²) in [7, 11) is 0. The number of hydrogen-bond acceptors (Lipinski definition) is 3. The second-order valence-corrected chi connectivity index (χ2v) is 6.54. The minimum absolute atomic E-state index is 0.0322. The number of carbonyl (C=O) groups excluding carboxylic acids is 3. The van der Waals surface area contributed by atoms with Crippen molar-refractivity contribution in [1.29, 1.82) is 0 Å². The average molecular weight is 297 g/mol. The Bertz CT molecular complexity index is 410. The van der Waals surface area contributed by atoms with E-state index in [1.165, 1.54) is 0 Å². The molecule has 6 nitrogen and oxygen atoms in total. The Hall–Kier alpha value is -1.59. The molecule has 0 bridgehead atoms. The van der Waals surface area contributed by atoms with Crippen molar-refractivity contribution < 1.29 is 14.4 Å². The molecule has 0 aliphatic carbocycles. The zero-order chi connectivity index (χ0) is 16.3. The Morgan fingerprint density at radius 2 is 1.67 bits per heavy atom. The highest BCUT2D eigenvalue weighted by Crippen LogP contribution is 2.15. The summed E-state index contributed by atoms with van der Waals surface area (Å²) in [6, 6.07) is -0.905. The van der Waals surface area contributed by atoms with Gasteiger partial charge in [0.05, 0.1) is 0 Å². The summed E-state index contributed by atoms with van der Waals surface area (Å²) in [6.45, 7) is 11.5. The van der Waals surface area contributed by atoms with Crippen LogP contribution in [0.2, 0.25) is 0 Å². The Balaban J connectivity index is 2.76. The van der Waals surface area contributed by atoms with Gasteiger partial charge in [0.1, 0.15) is 12.6 Å². The summed E-state index contributed by atoms with van der Waals surface area (Å²) in [5.41, 5.74) is 0. The Morgan fingerprint density at radius 3 is 2.10 bits per heavy atom. The molecule has 0 saturated carbocycles. The number of carbonyl (C=O) groups is 3. The number of imide groups is 1. The van der Waals surface area contributed by atoms with Crippen LogP contribution >= 0.6 is 0 Å². The van der Waals surface area contributed by atoms with Crippen LogP contribution in [0.15, 0.2) is 0 Å². The van der Waals surface area contributed by atoms with Gasteiger partial charge in [-0.05, 0) is 40.0 Å². The van der Waals surface area contributed by atoms with Gasteiger partial charge in [-0.2, -0.15) is 0 Å². The summed E-state index contributed by atoms with van der Waals surface area (Å²) < 4.78 is 0. The quantitative estimate of drug-likeness (QED) is 0.757. The second kappa shape index (κ2) is 6.91. The first-order valence-electron chi connectivity index (χ1n) is 7.58. The van der Waals surface area contributed by atoms with Gasteiger partial charge in [-0.25, -0.2) is 4.79 Å². The fourth-order valence-electron chi connectivity index (χ4n) is 2.75. The van der Waals surface area contributed by atoms with Crippen molar-refractivity contribution in [3.05, 3.63) is 0 Å². The van der Waals surface area contributed by atoms with E-state index >= 15 is 0 Å². The van der Waals surface area contributed by atoms with Crippen molar-refractivity contribution >= 4 is 17.8 Å². The number of urea groups is 1. The van der Waals surface area contributed by atoms with Crippen LogP contribution in [0.4, 0.5) is 4.79 Å². The third-order valence-electron chi connectivity index (χ3n) is 3.51. The molecule has 1 aliphatic heterocycles. The van der Waals surface area contributed by atoms with Crippen molar-refractivity contribution in [3.8, 4) is 0 Å². The lowest BCUT2D eigenvalue weighted by Crippen LogP contribution is -2.48. The maximum Gasteiger partial charge on any atom is 0.325 e. The fourth-order valence-corrected chi connectivity index (χ4v) is 2.75. The smallest absolute Gasteiger partial charge is 0.325 e. The highest BCUT2D eigenvalue weighted by Gasteiger charge is 2.40. The van der Waals surface area contributed by atoms with E-state index in [-0.39, 0.29) is 30.4 Å². The van der Waals surface area contributed by atoms with Crippen molar-refractivity contribution in [2.45, 2.75) is 66.1 Å². The van der Waals surface area contributed by atoms with Crippen molar-refractivity contribution in [2.75, 3.05) is 6.54 Å². The molecule has 1 aliphatic rings. The van der Waals surface area contributed by atoms with Gasteiger partial charge in [0.15, 0.2) is 0 Å². The van der Waals surface area contributed by atoms with Gasteiger partial charge < -0.3 is 10.2 Å². The van der Waals surface area contributed by atoms with Gasteiger partial charge in [0.2, 0.25) is 5.91 Å². The van der Waals surface area contributed by atoms with E-state index in [0.29, 0.717) is 12.3 Å². The van der Waals surface area contributed by atoms with E-state index < -0.39 is 12.1 Å². The van der Waals surface area contributed by atoms with Gasteiger partial charge in [-0.15, -0.1) is 0 Å². The summed E-state index contributed by atoms with van der Waals surface area (Å²) in [5, 5.41) is 2.65. The highest BCUT2D eigenvalue weighted by molar-refractivity contribution is 6.06. The van der Waals surface area contributed by atoms with Crippen LogP contribution in [0.5, 0.6) is 0 Å². The second-order valence-electron chi connectivity index (χ2n) is 6.54. The van der Waals surface area contributed by atoms with Crippen molar-refractivity contribution in [1.82, 2.24) is 15.1 Å². The molecule has 1 rings (SSSR count). The summed E-state index contributed by atoms with van der Waals surface area (Å²) in [4.78, 5) is 39.2. The lowest BCUT2D eigenvalue weighted by molar-refractivity contribution is -0.140. The molecule has 21 heavy (non-hydrogen) atoms. The van der Waals surface area contributed by atoms with E-state index in [1.54, 1.807) is 4.90 Å². The number of rotatable bonds is 6. The zero-order valence-corrected chi connectivity index (χ0v) is 13.8. The van der Waals surface area contributed by atoms with Crippen LogP contribution in [0, 0.1) is 5.92 Å². The van der Waals surface area contributed by atoms with Gasteiger partial charge >= 0.3 is 6.03 Å². The third-order valence-corrected chi connectivity index (χ3v) is 3.51. The normalized spacial score (nSPS) is 18.9. The molecule has 1 fully saturated rings. The monoisotopic (exact) mass is 297 g/mol. The van der Waals surface area contributed by atoms with Crippen LogP contribution in [-0.4, -0.2) is 52.3 Å². The predicted octanol–water partition coefficient (Wildman–Crippen LogP) is 1.60. The van der Waals surface area contributed by atoms with Crippen LogP contribution in [0.3, 0.4) is 0 Å². The molecule has 0 radical (unpaired) electrons. The molecule has 6 heteroatoms. The van der Waals surface area contributed by atoms with Crippen LogP contribution in [-0.2, 0) is 9.59 Å². The molecular formula is C15H27N3O3. The minimum atomic E-state index is -0.503. The number of amides is 4. The maximum atomic E-state index is 12.4. The molecule has 0 aromatic carbocycles. The predicted molar refractivity (Wildman–Crippen MR) is 80.6 cm³/mol. The first-order valence-corrected chi connectivity index (χ1v) is 7.58. The molecule has 1 heterocycles. The SMILES string of the molecule is CC(C)C[C@H]1NC(=O)N(CC(=O)N(C(C)C)C(C)C)C1=O. The Labute approximate surface area is 126 Å². The highest BCUT2D eigenvalue weighted by atomic mass is 16.2. The van der Waals surface area contributed by atoms with Crippen molar-refractivity contribution in [3.63, 3.8) is 0 Å². The maximum absolute atomic E-state index is 12.4. The van der Waals surface area contributed by atoms with Gasteiger partial charge in [0, 0.05) is 12.1 Å². The fraction of sp³-hybridized carbons (Fsp3) is 0.800. The van der Waals surface area contributed by atoms with E-state index in [2.05, 4.69) is 5.32 Å². The molecule has 0 aromatic heterocycles. The number of nitrogens with one attached hydrogen (secondary N) is 1. The van der Waals surface area contributed by atoms with Gasteiger partial charge in [-0.1, -0.05) is 13.8 Å². The molecule has 1 atom stereocenters. The molecule has 120 valence electrons. The molecule has 0 spiro atoms. The van der Waals surface area contributed by atoms with Gasteiger partial charge in [0.25, 0.3) is 5.91 Å². The largest absolute Gasteiger partial charge is 0.336 e. The number of hydrogen-bond donors (Lipinski definition) is 1. The van der Waals surface area contributed by atoms with Gasteiger partial charge in [-0.3, -0.25) is 14.5 Å². The third kappa shape index (κ3) is 4.19.